The second-order valence-corrected chi connectivity index (χ2v) is 9.28. The van der Waals surface area contributed by atoms with Crippen molar-refractivity contribution in [3.8, 4) is 11.5 Å². The number of para-hydroxylation sites is 3. The number of sulfonamides is 1. The molecule has 0 aliphatic rings. The van der Waals surface area contributed by atoms with Crippen molar-refractivity contribution in [2.24, 2.45) is 5.92 Å². The lowest BCUT2D eigenvalue weighted by molar-refractivity contribution is 0.0948. The fourth-order valence-corrected chi connectivity index (χ4v) is 3.96. The molecule has 7 heteroatoms. The summed E-state index contributed by atoms with van der Waals surface area (Å²) in [6.45, 7) is 6.27. The first-order valence-corrected chi connectivity index (χ1v) is 11.5. The van der Waals surface area contributed by atoms with E-state index in [0.717, 1.165) is 0 Å². The van der Waals surface area contributed by atoms with Gasteiger partial charge in [-0.1, -0.05) is 50.2 Å². The molecule has 0 aliphatic carbocycles. The van der Waals surface area contributed by atoms with E-state index in [-0.39, 0.29) is 10.8 Å². The van der Waals surface area contributed by atoms with Crippen molar-refractivity contribution >= 4 is 21.6 Å². The molecule has 0 saturated heterocycles. The van der Waals surface area contributed by atoms with Gasteiger partial charge >= 0.3 is 0 Å². The van der Waals surface area contributed by atoms with Crippen LogP contribution in [0.1, 0.15) is 29.8 Å². The molecule has 0 saturated carbocycles. The van der Waals surface area contributed by atoms with Gasteiger partial charge in [0.05, 0.1) is 10.6 Å². The number of carbonyl (C=O) groups is 1. The molecule has 3 rings (SSSR count). The van der Waals surface area contributed by atoms with Crippen molar-refractivity contribution in [1.29, 1.82) is 0 Å². The maximum absolute atomic E-state index is 13.1. The molecule has 3 aromatic carbocycles. The van der Waals surface area contributed by atoms with Crippen LogP contribution in [0.25, 0.3) is 0 Å². The van der Waals surface area contributed by atoms with E-state index in [9.17, 15) is 13.2 Å². The minimum absolute atomic E-state index is 0.00214. The summed E-state index contributed by atoms with van der Waals surface area (Å²) in [6, 6.07) is 20.4. The fourth-order valence-electron chi connectivity index (χ4n) is 2.86. The maximum atomic E-state index is 13.1. The molecule has 6 nitrogen and oxygen atoms in total. The number of rotatable bonds is 8. The van der Waals surface area contributed by atoms with Crippen molar-refractivity contribution < 1.29 is 17.9 Å². The summed E-state index contributed by atoms with van der Waals surface area (Å²) in [5, 5.41) is 2.83. The van der Waals surface area contributed by atoms with Gasteiger partial charge in [0.25, 0.3) is 15.9 Å². The number of carbonyl (C=O) groups excluding carboxylic acids is 1. The van der Waals surface area contributed by atoms with Gasteiger partial charge in [-0.3, -0.25) is 9.52 Å². The first-order valence-electron chi connectivity index (χ1n) is 10.00. The number of benzene rings is 3. The average Bonchev–Trinajstić information content (AvgIpc) is 2.74. The van der Waals surface area contributed by atoms with E-state index in [0.29, 0.717) is 40.8 Å². The summed E-state index contributed by atoms with van der Waals surface area (Å²) in [7, 11) is -3.94. The zero-order valence-corrected chi connectivity index (χ0v) is 18.6. The lowest BCUT2D eigenvalue weighted by atomic mass is 10.1. The Labute approximate surface area is 183 Å². The van der Waals surface area contributed by atoms with Gasteiger partial charge in [0, 0.05) is 12.1 Å². The lowest BCUT2D eigenvalue weighted by Crippen LogP contribution is -2.28. The van der Waals surface area contributed by atoms with Crippen molar-refractivity contribution in [2.75, 3.05) is 11.3 Å². The summed E-state index contributed by atoms with van der Waals surface area (Å²) in [5.41, 5.74) is 1.34. The highest BCUT2D eigenvalue weighted by Gasteiger charge is 2.20. The molecule has 3 aromatic rings. The van der Waals surface area contributed by atoms with Crippen molar-refractivity contribution in [3.63, 3.8) is 0 Å². The Kier molecular flexibility index (Phi) is 6.97. The Morgan fingerprint density at radius 2 is 1.65 bits per heavy atom. The van der Waals surface area contributed by atoms with Gasteiger partial charge in [-0.05, 0) is 54.8 Å². The molecular weight excluding hydrogens is 412 g/mol. The van der Waals surface area contributed by atoms with Crippen LogP contribution >= 0.6 is 0 Å². The van der Waals surface area contributed by atoms with Gasteiger partial charge in [0.1, 0.15) is 5.75 Å². The summed E-state index contributed by atoms with van der Waals surface area (Å²) in [5.74, 6) is 0.961. The van der Waals surface area contributed by atoms with Gasteiger partial charge in [0.2, 0.25) is 0 Å². The van der Waals surface area contributed by atoms with E-state index in [1.165, 1.54) is 12.1 Å². The highest BCUT2D eigenvalue weighted by Crippen LogP contribution is 2.31. The van der Waals surface area contributed by atoms with Crippen LogP contribution < -0.4 is 14.8 Å². The van der Waals surface area contributed by atoms with Gasteiger partial charge in [-0.2, -0.15) is 0 Å². The van der Waals surface area contributed by atoms with Crippen LogP contribution in [0.4, 0.5) is 5.69 Å². The minimum atomic E-state index is -3.94. The number of aryl methyl sites for hydroxylation is 1. The third kappa shape index (κ3) is 5.86. The van der Waals surface area contributed by atoms with Crippen LogP contribution in [0, 0.1) is 12.8 Å². The summed E-state index contributed by atoms with van der Waals surface area (Å²) in [4.78, 5) is 12.5. The molecule has 0 spiro atoms. The second kappa shape index (κ2) is 9.66. The Hall–Kier alpha value is -3.32. The van der Waals surface area contributed by atoms with E-state index in [1.54, 1.807) is 49.4 Å². The molecule has 0 heterocycles. The molecular formula is C24H26N2O4S. The van der Waals surface area contributed by atoms with E-state index in [2.05, 4.69) is 10.0 Å². The fraction of sp³-hybridized carbons (Fsp3) is 0.208. The highest BCUT2D eigenvalue weighted by atomic mass is 32.2. The Bertz CT molecular complexity index is 1160. The zero-order chi connectivity index (χ0) is 22.4. The van der Waals surface area contributed by atoms with Crippen LogP contribution in [-0.2, 0) is 10.0 Å². The van der Waals surface area contributed by atoms with Gasteiger partial charge in [0.15, 0.2) is 5.75 Å². The van der Waals surface area contributed by atoms with Crippen LogP contribution in [0.2, 0.25) is 0 Å². The second-order valence-electron chi connectivity index (χ2n) is 7.60. The number of ether oxygens (including phenoxy) is 1. The Balaban J connectivity index is 1.86. The first kappa shape index (κ1) is 22.4. The molecule has 162 valence electrons. The predicted molar refractivity (Wildman–Crippen MR) is 122 cm³/mol. The number of hydrogen-bond acceptors (Lipinski definition) is 4. The molecule has 0 aliphatic heterocycles. The Morgan fingerprint density at radius 3 is 2.35 bits per heavy atom. The van der Waals surface area contributed by atoms with Crippen LogP contribution in [0.3, 0.4) is 0 Å². The van der Waals surface area contributed by atoms with Crippen LogP contribution in [0.5, 0.6) is 11.5 Å². The highest BCUT2D eigenvalue weighted by molar-refractivity contribution is 7.92. The lowest BCUT2D eigenvalue weighted by Gasteiger charge is -2.15. The van der Waals surface area contributed by atoms with Gasteiger partial charge < -0.3 is 10.1 Å². The molecule has 0 bridgehead atoms. The largest absolute Gasteiger partial charge is 0.455 e. The number of nitrogens with one attached hydrogen (secondary N) is 2. The molecule has 0 unspecified atom stereocenters. The number of anilines is 1. The molecule has 1 amide bonds. The van der Waals surface area contributed by atoms with Gasteiger partial charge in [-0.15, -0.1) is 0 Å². The standard InChI is InChI=1S/C24H26N2O4S/c1-17(2)16-25-24(27)21-15-20(14-13-18(21)3)31(28,29)26-22-11-7-8-12-23(22)30-19-9-5-4-6-10-19/h4-15,17,26H,16H2,1-3H3,(H,25,27). The summed E-state index contributed by atoms with van der Waals surface area (Å²) in [6.07, 6.45) is 0. The molecule has 0 radical (unpaired) electrons. The van der Waals surface area contributed by atoms with E-state index < -0.39 is 10.0 Å². The molecule has 0 fully saturated rings. The van der Waals surface area contributed by atoms with E-state index in [1.807, 2.05) is 32.0 Å². The minimum Gasteiger partial charge on any atom is -0.455 e. The topological polar surface area (TPSA) is 84.5 Å². The average molecular weight is 439 g/mol. The van der Waals surface area contributed by atoms with E-state index in [4.69, 9.17) is 4.74 Å². The third-order valence-electron chi connectivity index (χ3n) is 4.54. The van der Waals surface area contributed by atoms with E-state index >= 15 is 0 Å². The molecule has 0 aromatic heterocycles. The maximum Gasteiger partial charge on any atom is 0.262 e. The Morgan fingerprint density at radius 1 is 0.968 bits per heavy atom. The molecule has 31 heavy (non-hydrogen) atoms. The number of hydrogen-bond donors (Lipinski definition) is 2. The SMILES string of the molecule is Cc1ccc(S(=O)(=O)Nc2ccccc2Oc2ccccc2)cc1C(=O)NCC(C)C. The zero-order valence-electron chi connectivity index (χ0n) is 17.8. The normalized spacial score (nSPS) is 11.2. The quantitative estimate of drug-likeness (QED) is 0.520. The summed E-state index contributed by atoms with van der Waals surface area (Å²) >= 11 is 0. The van der Waals surface area contributed by atoms with Crippen molar-refractivity contribution in [3.05, 3.63) is 83.9 Å². The third-order valence-corrected chi connectivity index (χ3v) is 5.90. The molecule has 0 atom stereocenters. The van der Waals surface area contributed by atoms with Crippen molar-refractivity contribution in [1.82, 2.24) is 5.32 Å². The van der Waals surface area contributed by atoms with Crippen molar-refractivity contribution in [2.45, 2.75) is 25.7 Å². The molecule has 2 N–H and O–H groups in total. The first-order chi connectivity index (χ1) is 14.8. The van der Waals surface area contributed by atoms with Crippen LogP contribution in [0.15, 0.2) is 77.7 Å². The predicted octanol–water partition coefficient (Wildman–Crippen LogP) is 4.97. The van der Waals surface area contributed by atoms with Gasteiger partial charge in [-0.25, -0.2) is 8.42 Å². The smallest absolute Gasteiger partial charge is 0.262 e. The number of amides is 1. The summed E-state index contributed by atoms with van der Waals surface area (Å²) < 4.78 is 34.5. The monoisotopic (exact) mass is 438 g/mol. The van der Waals surface area contributed by atoms with Crippen LogP contribution in [-0.4, -0.2) is 20.9 Å².